The number of hydrogen-bond donors (Lipinski definition) is 1. The molecule has 0 spiro atoms. The Morgan fingerprint density at radius 2 is 2.23 bits per heavy atom. The van der Waals surface area contributed by atoms with E-state index < -0.39 is 23.1 Å². The number of aromatic nitrogens is 1. The molecular formula is C7H3BrF2N2O. The molecule has 0 fully saturated rings. The van der Waals surface area contributed by atoms with Crippen LogP contribution >= 0.6 is 15.9 Å². The Hall–Kier alpha value is -1.22. The minimum atomic E-state index is -2.83. The summed E-state index contributed by atoms with van der Waals surface area (Å²) in [6.45, 7) is 0. The van der Waals surface area contributed by atoms with Gasteiger partial charge in [0, 0.05) is 5.56 Å². The average Bonchev–Trinajstić information content (AvgIpc) is 2.02. The molecule has 1 aromatic rings. The lowest BCUT2D eigenvalue weighted by molar-refractivity contribution is 0.150. The van der Waals surface area contributed by atoms with Crippen LogP contribution in [0.4, 0.5) is 8.78 Å². The minimum Gasteiger partial charge on any atom is -0.315 e. The highest BCUT2D eigenvalue weighted by atomic mass is 79.9. The first-order valence-electron chi connectivity index (χ1n) is 3.17. The zero-order valence-corrected chi connectivity index (χ0v) is 7.73. The Bertz CT molecular complexity index is 421. The molecule has 68 valence electrons. The van der Waals surface area contributed by atoms with Crippen LogP contribution in [0.25, 0.3) is 0 Å². The summed E-state index contributed by atoms with van der Waals surface area (Å²) < 4.78 is 24.6. The van der Waals surface area contributed by atoms with E-state index in [2.05, 4.69) is 20.9 Å². The molecule has 0 atom stereocenters. The Labute approximate surface area is 80.1 Å². The molecule has 0 aliphatic rings. The summed E-state index contributed by atoms with van der Waals surface area (Å²) in [6, 6.07) is 2.45. The van der Waals surface area contributed by atoms with E-state index in [1.54, 1.807) is 0 Å². The number of H-pyrrole nitrogens is 1. The summed E-state index contributed by atoms with van der Waals surface area (Å²) >= 11 is 2.85. The third-order valence-electron chi connectivity index (χ3n) is 1.38. The maximum atomic E-state index is 12.2. The van der Waals surface area contributed by atoms with E-state index in [1.165, 1.54) is 6.07 Å². The van der Waals surface area contributed by atoms with Gasteiger partial charge in [0.1, 0.15) is 11.6 Å². The molecule has 0 unspecified atom stereocenters. The second-order valence-electron chi connectivity index (χ2n) is 2.19. The first-order valence-corrected chi connectivity index (χ1v) is 3.96. The molecule has 0 radical (unpaired) electrons. The minimum absolute atomic E-state index is 0.131. The van der Waals surface area contributed by atoms with Gasteiger partial charge in [0.15, 0.2) is 0 Å². The van der Waals surface area contributed by atoms with E-state index in [0.717, 1.165) is 6.07 Å². The van der Waals surface area contributed by atoms with Crippen molar-refractivity contribution in [3.8, 4) is 6.07 Å². The van der Waals surface area contributed by atoms with Gasteiger partial charge in [0.05, 0.1) is 4.60 Å². The molecule has 3 nitrogen and oxygen atoms in total. The lowest BCUT2D eigenvalue weighted by Crippen LogP contribution is -2.13. The molecule has 0 bridgehead atoms. The maximum absolute atomic E-state index is 12.2. The fraction of sp³-hybridized carbons (Fsp3) is 0.143. The second kappa shape index (κ2) is 3.66. The van der Waals surface area contributed by atoms with Gasteiger partial charge in [-0.1, -0.05) is 0 Å². The fourth-order valence-electron chi connectivity index (χ4n) is 0.834. The predicted octanol–water partition coefficient (Wildman–Crippen LogP) is 1.95. The van der Waals surface area contributed by atoms with Crippen molar-refractivity contribution in [3.63, 3.8) is 0 Å². The SMILES string of the molecule is N#Cc1c(C(F)F)cc(Br)[nH]c1=O. The van der Waals surface area contributed by atoms with Gasteiger partial charge in [0.25, 0.3) is 12.0 Å². The van der Waals surface area contributed by atoms with Crippen LogP contribution in [0.5, 0.6) is 0 Å². The third kappa shape index (κ3) is 1.92. The van der Waals surface area contributed by atoms with Gasteiger partial charge in [-0.2, -0.15) is 5.26 Å². The van der Waals surface area contributed by atoms with Crippen LogP contribution in [0.15, 0.2) is 15.5 Å². The van der Waals surface area contributed by atoms with Crippen molar-refractivity contribution in [1.82, 2.24) is 4.98 Å². The van der Waals surface area contributed by atoms with Gasteiger partial charge in [-0.3, -0.25) is 4.79 Å². The first kappa shape index (κ1) is 9.86. The molecule has 0 aromatic carbocycles. The van der Waals surface area contributed by atoms with Crippen molar-refractivity contribution in [1.29, 1.82) is 5.26 Å². The van der Waals surface area contributed by atoms with Gasteiger partial charge in [-0.25, -0.2) is 8.78 Å². The van der Waals surface area contributed by atoms with Crippen LogP contribution in [0.2, 0.25) is 0 Å². The quantitative estimate of drug-likeness (QED) is 0.773. The summed E-state index contributed by atoms with van der Waals surface area (Å²) in [7, 11) is 0. The van der Waals surface area contributed by atoms with Crippen LogP contribution in [-0.4, -0.2) is 4.98 Å². The van der Waals surface area contributed by atoms with Crippen LogP contribution < -0.4 is 5.56 Å². The molecule has 0 saturated heterocycles. The van der Waals surface area contributed by atoms with Crippen LogP contribution in [-0.2, 0) is 0 Å². The number of aromatic amines is 1. The van der Waals surface area contributed by atoms with Crippen molar-refractivity contribution >= 4 is 15.9 Å². The zero-order valence-electron chi connectivity index (χ0n) is 6.14. The van der Waals surface area contributed by atoms with Crippen molar-refractivity contribution in [2.24, 2.45) is 0 Å². The molecule has 1 aromatic heterocycles. The fourth-order valence-corrected chi connectivity index (χ4v) is 1.26. The molecule has 1 heterocycles. The topological polar surface area (TPSA) is 56.6 Å². The number of hydrogen-bond acceptors (Lipinski definition) is 2. The number of nitrogens with zero attached hydrogens (tertiary/aromatic N) is 1. The number of nitrogens with one attached hydrogen (secondary N) is 1. The monoisotopic (exact) mass is 248 g/mol. The molecule has 0 aliphatic carbocycles. The van der Waals surface area contributed by atoms with E-state index in [4.69, 9.17) is 5.26 Å². The maximum Gasteiger partial charge on any atom is 0.267 e. The highest BCUT2D eigenvalue weighted by Gasteiger charge is 2.16. The van der Waals surface area contributed by atoms with Gasteiger partial charge >= 0.3 is 0 Å². The summed E-state index contributed by atoms with van der Waals surface area (Å²) in [5, 5.41) is 8.42. The Morgan fingerprint density at radius 3 is 2.69 bits per heavy atom. The summed E-state index contributed by atoms with van der Waals surface area (Å²) in [6.07, 6.45) is -2.83. The van der Waals surface area contributed by atoms with Crippen molar-refractivity contribution in [2.45, 2.75) is 6.43 Å². The number of halogens is 3. The van der Waals surface area contributed by atoms with Crippen molar-refractivity contribution in [2.75, 3.05) is 0 Å². The van der Waals surface area contributed by atoms with Gasteiger partial charge in [-0.15, -0.1) is 0 Å². The van der Waals surface area contributed by atoms with E-state index in [1.807, 2.05) is 0 Å². The predicted molar refractivity (Wildman–Crippen MR) is 44.4 cm³/mol. The average molecular weight is 249 g/mol. The molecule has 13 heavy (non-hydrogen) atoms. The normalized spacial score (nSPS) is 10.1. The Morgan fingerprint density at radius 1 is 1.62 bits per heavy atom. The van der Waals surface area contributed by atoms with E-state index >= 15 is 0 Å². The first-order chi connectivity index (χ1) is 6.06. The smallest absolute Gasteiger partial charge is 0.267 e. The molecule has 6 heteroatoms. The van der Waals surface area contributed by atoms with E-state index in [9.17, 15) is 13.6 Å². The lowest BCUT2D eigenvalue weighted by atomic mass is 10.1. The Balaban J connectivity index is 3.50. The lowest BCUT2D eigenvalue weighted by Gasteiger charge is -2.01. The molecule has 0 saturated carbocycles. The van der Waals surface area contributed by atoms with Gasteiger partial charge in [0.2, 0.25) is 0 Å². The number of alkyl halides is 2. The zero-order chi connectivity index (χ0) is 10.0. The van der Waals surface area contributed by atoms with Crippen LogP contribution in [0.3, 0.4) is 0 Å². The summed E-state index contributed by atoms with van der Waals surface area (Å²) in [5.41, 5.74) is -1.91. The summed E-state index contributed by atoms with van der Waals surface area (Å²) in [5.74, 6) is 0. The van der Waals surface area contributed by atoms with Crippen molar-refractivity contribution in [3.05, 3.63) is 32.2 Å². The van der Waals surface area contributed by atoms with Gasteiger partial charge < -0.3 is 4.98 Å². The molecule has 1 N–H and O–H groups in total. The Kier molecular flexibility index (Phi) is 2.78. The van der Waals surface area contributed by atoms with E-state index in [-0.39, 0.29) is 4.60 Å². The van der Waals surface area contributed by atoms with Crippen LogP contribution in [0.1, 0.15) is 17.6 Å². The molecule has 0 aliphatic heterocycles. The largest absolute Gasteiger partial charge is 0.315 e. The van der Waals surface area contributed by atoms with Gasteiger partial charge in [-0.05, 0) is 22.0 Å². The van der Waals surface area contributed by atoms with E-state index in [0.29, 0.717) is 0 Å². The molecular weight excluding hydrogens is 246 g/mol. The highest BCUT2D eigenvalue weighted by Crippen LogP contribution is 2.22. The number of rotatable bonds is 1. The highest BCUT2D eigenvalue weighted by molar-refractivity contribution is 9.10. The van der Waals surface area contributed by atoms with Crippen LogP contribution in [0, 0.1) is 11.3 Å². The number of nitriles is 1. The standard InChI is InChI=1S/C7H3BrF2N2O/c8-5-1-3(6(9)10)4(2-11)7(13)12-5/h1,6H,(H,12,13). The third-order valence-corrected chi connectivity index (χ3v) is 1.80. The van der Waals surface area contributed by atoms with Crippen molar-refractivity contribution < 1.29 is 8.78 Å². The second-order valence-corrected chi connectivity index (χ2v) is 3.04. The number of pyridine rings is 1. The molecule has 1 rings (SSSR count). The molecule has 0 amide bonds. The summed E-state index contributed by atoms with van der Waals surface area (Å²) in [4.78, 5) is 13.1.